The fourth-order valence-corrected chi connectivity index (χ4v) is 2.52. The molecule has 3 heteroatoms. The maximum atomic E-state index is 12.6. The van der Waals surface area contributed by atoms with Crippen molar-refractivity contribution in [3.63, 3.8) is 0 Å². The second-order valence-electron chi connectivity index (χ2n) is 4.77. The summed E-state index contributed by atoms with van der Waals surface area (Å²) in [6.45, 7) is 4.11. The fraction of sp³-hybridized carbons (Fsp3) is 0.500. The second-order valence-corrected chi connectivity index (χ2v) is 4.77. The van der Waals surface area contributed by atoms with Gasteiger partial charge < -0.3 is 0 Å². The van der Waals surface area contributed by atoms with Gasteiger partial charge in [-0.2, -0.15) is 4.39 Å². The number of pyridine rings is 1. The van der Waals surface area contributed by atoms with E-state index in [0.717, 1.165) is 12.8 Å². The Morgan fingerprint density at radius 2 is 2.20 bits per heavy atom. The molecule has 2 nitrogen and oxygen atoms in total. The molecule has 0 aromatic carbocycles. The molecule has 0 aliphatic heterocycles. The smallest absolute Gasteiger partial charge is 0.212 e. The Bertz CT molecular complexity index is 379. The SMILES string of the molecule is CC1CC(C)(C(=O)c2ccc(F)nc2)C1. The van der Waals surface area contributed by atoms with Gasteiger partial charge in [0.05, 0.1) is 0 Å². The topological polar surface area (TPSA) is 30.0 Å². The Balaban J connectivity index is 2.18. The first kappa shape index (κ1) is 10.3. The van der Waals surface area contributed by atoms with Crippen LogP contribution in [0.3, 0.4) is 0 Å². The molecule has 0 unspecified atom stereocenters. The van der Waals surface area contributed by atoms with E-state index >= 15 is 0 Å². The highest BCUT2D eigenvalue weighted by molar-refractivity contribution is 6.00. The summed E-state index contributed by atoms with van der Waals surface area (Å²) in [7, 11) is 0. The van der Waals surface area contributed by atoms with Gasteiger partial charge in [-0.1, -0.05) is 13.8 Å². The molecule has 0 radical (unpaired) electrons. The van der Waals surface area contributed by atoms with Crippen LogP contribution in [0.5, 0.6) is 0 Å². The molecule has 0 bridgehead atoms. The zero-order valence-corrected chi connectivity index (χ0v) is 8.96. The van der Waals surface area contributed by atoms with Gasteiger partial charge in [0, 0.05) is 17.2 Å². The zero-order chi connectivity index (χ0) is 11.1. The van der Waals surface area contributed by atoms with Crippen molar-refractivity contribution in [3.8, 4) is 0 Å². The van der Waals surface area contributed by atoms with Crippen LogP contribution in [0.15, 0.2) is 18.3 Å². The molecule has 1 aromatic rings. The van der Waals surface area contributed by atoms with Gasteiger partial charge in [0.15, 0.2) is 5.78 Å². The van der Waals surface area contributed by atoms with Gasteiger partial charge >= 0.3 is 0 Å². The van der Waals surface area contributed by atoms with Crippen molar-refractivity contribution in [1.29, 1.82) is 0 Å². The van der Waals surface area contributed by atoms with Crippen LogP contribution >= 0.6 is 0 Å². The third kappa shape index (κ3) is 1.78. The average Bonchev–Trinajstić information content (AvgIpc) is 2.16. The summed E-state index contributed by atoms with van der Waals surface area (Å²) >= 11 is 0. The molecule has 0 N–H and O–H groups in total. The molecule has 1 aromatic heterocycles. The Morgan fingerprint density at radius 1 is 1.53 bits per heavy atom. The van der Waals surface area contributed by atoms with Crippen molar-refractivity contribution in [1.82, 2.24) is 4.98 Å². The number of hydrogen-bond acceptors (Lipinski definition) is 2. The molecule has 1 heterocycles. The Labute approximate surface area is 88.5 Å². The van der Waals surface area contributed by atoms with E-state index in [9.17, 15) is 9.18 Å². The predicted octanol–water partition coefficient (Wildman–Crippen LogP) is 2.84. The van der Waals surface area contributed by atoms with Crippen LogP contribution in [0.4, 0.5) is 4.39 Å². The molecule has 1 aliphatic carbocycles. The number of nitrogens with zero attached hydrogens (tertiary/aromatic N) is 1. The first-order valence-electron chi connectivity index (χ1n) is 5.18. The molecular weight excluding hydrogens is 193 g/mol. The number of carbonyl (C=O) groups is 1. The normalized spacial score (nSPS) is 29.7. The predicted molar refractivity (Wildman–Crippen MR) is 55.0 cm³/mol. The van der Waals surface area contributed by atoms with Crippen LogP contribution in [-0.4, -0.2) is 10.8 Å². The molecule has 0 spiro atoms. The van der Waals surface area contributed by atoms with E-state index in [2.05, 4.69) is 11.9 Å². The third-order valence-corrected chi connectivity index (χ3v) is 3.14. The maximum Gasteiger partial charge on any atom is 0.212 e. The standard InChI is InChI=1S/C12H14FNO/c1-8-5-12(2,6-8)11(15)9-3-4-10(13)14-7-9/h3-4,7-8H,5-6H2,1-2H3. The van der Waals surface area contributed by atoms with Gasteiger partial charge in [0.25, 0.3) is 0 Å². The molecule has 0 atom stereocenters. The van der Waals surface area contributed by atoms with Crippen molar-refractivity contribution >= 4 is 5.78 Å². The van der Waals surface area contributed by atoms with E-state index in [4.69, 9.17) is 0 Å². The number of Topliss-reactive ketones (excluding diaryl/α,β-unsaturated/α-hetero) is 1. The lowest BCUT2D eigenvalue weighted by molar-refractivity contribution is 0.0506. The first-order chi connectivity index (χ1) is 7.01. The van der Waals surface area contributed by atoms with E-state index in [1.165, 1.54) is 18.3 Å². The highest BCUT2D eigenvalue weighted by Gasteiger charge is 2.44. The van der Waals surface area contributed by atoms with Gasteiger partial charge in [0.1, 0.15) is 0 Å². The summed E-state index contributed by atoms with van der Waals surface area (Å²) in [5.41, 5.74) is 0.268. The molecule has 0 amide bonds. The number of ketones is 1. The van der Waals surface area contributed by atoms with Crippen molar-refractivity contribution in [2.24, 2.45) is 11.3 Å². The number of carbonyl (C=O) groups excluding carboxylic acids is 1. The lowest BCUT2D eigenvalue weighted by atomic mass is 9.61. The minimum Gasteiger partial charge on any atom is -0.294 e. The van der Waals surface area contributed by atoms with Gasteiger partial charge in [-0.15, -0.1) is 0 Å². The lowest BCUT2D eigenvalue weighted by Gasteiger charge is -2.42. The average molecular weight is 207 g/mol. The van der Waals surface area contributed by atoms with E-state index in [1.54, 1.807) is 0 Å². The van der Waals surface area contributed by atoms with Crippen LogP contribution in [0, 0.1) is 17.3 Å². The molecule has 1 fully saturated rings. The van der Waals surface area contributed by atoms with Crippen LogP contribution < -0.4 is 0 Å². The zero-order valence-electron chi connectivity index (χ0n) is 8.96. The number of hydrogen-bond donors (Lipinski definition) is 0. The second kappa shape index (κ2) is 3.40. The quantitative estimate of drug-likeness (QED) is 0.551. The van der Waals surface area contributed by atoms with Crippen molar-refractivity contribution in [2.75, 3.05) is 0 Å². The van der Waals surface area contributed by atoms with Crippen LogP contribution in [0.2, 0.25) is 0 Å². The van der Waals surface area contributed by atoms with E-state index in [-0.39, 0.29) is 11.2 Å². The summed E-state index contributed by atoms with van der Waals surface area (Å²) in [6, 6.07) is 2.75. The molecule has 80 valence electrons. The third-order valence-electron chi connectivity index (χ3n) is 3.14. The van der Waals surface area contributed by atoms with Crippen LogP contribution in [0.1, 0.15) is 37.0 Å². The number of rotatable bonds is 2. The monoisotopic (exact) mass is 207 g/mol. The molecule has 15 heavy (non-hydrogen) atoms. The van der Waals surface area contributed by atoms with Gasteiger partial charge in [-0.3, -0.25) is 4.79 Å². The lowest BCUT2D eigenvalue weighted by Crippen LogP contribution is -2.40. The summed E-state index contributed by atoms with van der Waals surface area (Å²) in [4.78, 5) is 15.5. The molecule has 1 saturated carbocycles. The summed E-state index contributed by atoms with van der Waals surface area (Å²) in [5.74, 6) is 0.166. The molecule has 1 aliphatic rings. The summed E-state index contributed by atoms with van der Waals surface area (Å²) in [6.07, 6.45) is 3.17. The minimum absolute atomic E-state index is 0.0908. The molecule has 0 saturated heterocycles. The highest BCUT2D eigenvalue weighted by Crippen LogP contribution is 2.46. The number of halogens is 1. The molecular formula is C12H14FNO. The largest absolute Gasteiger partial charge is 0.294 e. The van der Waals surface area contributed by atoms with Gasteiger partial charge in [0.2, 0.25) is 5.95 Å². The Kier molecular flexibility index (Phi) is 2.33. The maximum absolute atomic E-state index is 12.6. The highest BCUT2D eigenvalue weighted by atomic mass is 19.1. The van der Waals surface area contributed by atoms with E-state index < -0.39 is 5.95 Å². The van der Waals surface area contributed by atoms with Gasteiger partial charge in [-0.05, 0) is 30.9 Å². The van der Waals surface area contributed by atoms with Crippen LogP contribution in [-0.2, 0) is 0 Å². The minimum atomic E-state index is -0.543. The van der Waals surface area contributed by atoms with Crippen molar-refractivity contribution in [2.45, 2.75) is 26.7 Å². The first-order valence-corrected chi connectivity index (χ1v) is 5.18. The van der Waals surface area contributed by atoms with Gasteiger partial charge in [-0.25, -0.2) is 4.98 Å². The van der Waals surface area contributed by atoms with E-state index in [1.807, 2.05) is 6.92 Å². The van der Waals surface area contributed by atoms with Crippen molar-refractivity contribution < 1.29 is 9.18 Å². The van der Waals surface area contributed by atoms with Crippen LogP contribution in [0.25, 0.3) is 0 Å². The Morgan fingerprint density at radius 3 is 2.67 bits per heavy atom. The van der Waals surface area contributed by atoms with Crippen molar-refractivity contribution in [3.05, 3.63) is 29.8 Å². The van der Waals surface area contributed by atoms with E-state index in [0.29, 0.717) is 11.5 Å². The summed E-state index contributed by atoms with van der Waals surface area (Å²) in [5, 5.41) is 0. The summed E-state index contributed by atoms with van der Waals surface area (Å²) < 4.78 is 12.6. The number of aromatic nitrogens is 1. The molecule has 2 rings (SSSR count). The Hall–Kier alpha value is -1.25. The fourth-order valence-electron chi connectivity index (χ4n) is 2.52.